The van der Waals surface area contributed by atoms with Gasteiger partial charge in [-0.15, -0.1) is 11.8 Å². The Balaban J connectivity index is 2.19. The minimum absolute atomic E-state index is 0.00906. The highest BCUT2D eigenvalue weighted by atomic mass is 32.2. The van der Waals surface area contributed by atoms with Gasteiger partial charge in [-0.3, -0.25) is 14.6 Å². The van der Waals surface area contributed by atoms with Crippen LogP contribution in [0.2, 0.25) is 0 Å². The minimum atomic E-state index is -0.186. The fourth-order valence-electron chi connectivity index (χ4n) is 4.16. The van der Waals surface area contributed by atoms with Gasteiger partial charge in [0.25, 0.3) is 0 Å². The Morgan fingerprint density at radius 3 is 2.37 bits per heavy atom. The van der Waals surface area contributed by atoms with Crippen LogP contribution in [0, 0.1) is 0 Å². The summed E-state index contributed by atoms with van der Waals surface area (Å²) in [5.41, 5.74) is 1.80. The summed E-state index contributed by atoms with van der Waals surface area (Å²) < 4.78 is 5.62. The molecule has 2 amide bonds. The number of carbonyl (C=O) groups excluding carboxylic acids is 2. The van der Waals surface area contributed by atoms with Gasteiger partial charge in [-0.1, -0.05) is 71.6 Å². The lowest BCUT2D eigenvalue weighted by atomic mass is 10.1. The second-order valence-corrected chi connectivity index (χ2v) is 10.4. The predicted molar refractivity (Wildman–Crippen MR) is 150 cm³/mol. The summed E-state index contributed by atoms with van der Waals surface area (Å²) in [7, 11) is 1.57. The van der Waals surface area contributed by atoms with E-state index in [0.29, 0.717) is 22.6 Å². The Kier molecular flexibility index (Phi) is 13.6. The number of benzene rings is 1. The van der Waals surface area contributed by atoms with Crippen LogP contribution in [-0.2, 0) is 9.59 Å². The minimum Gasteiger partial charge on any atom is -0.494 e. The average Bonchev–Trinajstić information content (AvgIpc) is 2.85. The zero-order valence-electron chi connectivity index (χ0n) is 22.0. The highest BCUT2D eigenvalue weighted by molar-refractivity contribution is 8.00. The van der Waals surface area contributed by atoms with Crippen LogP contribution in [0.5, 0.6) is 5.75 Å². The van der Waals surface area contributed by atoms with E-state index < -0.39 is 0 Å². The highest BCUT2D eigenvalue weighted by Crippen LogP contribution is 2.38. The van der Waals surface area contributed by atoms with E-state index in [4.69, 9.17) is 4.74 Å². The maximum Gasteiger partial charge on any atom is 0.237 e. The number of nitrogens with one attached hydrogen (secondary N) is 2. The van der Waals surface area contributed by atoms with Crippen LogP contribution in [0.3, 0.4) is 0 Å². The first-order valence-electron chi connectivity index (χ1n) is 13.2. The molecule has 0 aliphatic rings. The number of ether oxygens (including phenoxy) is 1. The molecule has 7 heteroatoms. The molecule has 0 saturated heterocycles. The van der Waals surface area contributed by atoms with Crippen LogP contribution >= 0.6 is 11.8 Å². The van der Waals surface area contributed by atoms with Gasteiger partial charge >= 0.3 is 0 Å². The van der Waals surface area contributed by atoms with Gasteiger partial charge in [0, 0.05) is 24.6 Å². The van der Waals surface area contributed by atoms with E-state index in [1.807, 2.05) is 12.1 Å². The molecular formula is C28H43N3O3S. The van der Waals surface area contributed by atoms with Gasteiger partial charge in [0.1, 0.15) is 5.75 Å². The van der Waals surface area contributed by atoms with Gasteiger partial charge in [0.2, 0.25) is 11.8 Å². The van der Waals surface area contributed by atoms with Crippen molar-refractivity contribution >= 4 is 45.9 Å². The van der Waals surface area contributed by atoms with Gasteiger partial charge < -0.3 is 15.4 Å². The molecule has 0 radical (unpaired) electrons. The fourth-order valence-corrected chi connectivity index (χ4v) is 5.36. The zero-order chi connectivity index (χ0) is 25.5. The van der Waals surface area contributed by atoms with E-state index in [9.17, 15) is 9.59 Å². The Morgan fingerprint density at radius 2 is 1.69 bits per heavy atom. The van der Waals surface area contributed by atoms with Crippen molar-refractivity contribution in [3.63, 3.8) is 0 Å². The second kappa shape index (κ2) is 16.4. The van der Waals surface area contributed by atoms with E-state index in [2.05, 4.69) is 29.5 Å². The van der Waals surface area contributed by atoms with Crippen molar-refractivity contribution < 1.29 is 14.3 Å². The number of amides is 2. The topological polar surface area (TPSA) is 80.3 Å². The number of nitrogens with zero attached hydrogens (tertiary/aromatic N) is 1. The van der Waals surface area contributed by atoms with Gasteiger partial charge in [-0.05, 0) is 30.7 Å². The first kappa shape index (κ1) is 29.0. The number of carbonyl (C=O) groups is 2. The highest BCUT2D eigenvalue weighted by Gasteiger charge is 2.22. The van der Waals surface area contributed by atoms with Crippen LogP contribution < -0.4 is 15.4 Å². The molecule has 1 unspecified atom stereocenters. The fraction of sp³-hybridized carbons (Fsp3) is 0.607. The number of unbranched alkanes of at least 4 members (excludes halogenated alkanes) is 8. The molecule has 6 nitrogen and oxygen atoms in total. The number of aromatic nitrogens is 1. The lowest BCUT2D eigenvalue weighted by Gasteiger charge is -2.20. The maximum absolute atomic E-state index is 13.5. The van der Waals surface area contributed by atoms with Crippen LogP contribution in [-0.4, -0.2) is 34.9 Å². The van der Waals surface area contributed by atoms with Crippen LogP contribution in [0.1, 0.15) is 91.4 Å². The molecule has 2 N–H and O–H groups in total. The van der Waals surface area contributed by atoms with Crippen molar-refractivity contribution in [2.24, 2.45) is 0 Å². The number of anilines is 2. The Labute approximate surface area is 215 Å². The van der Waals surface area contributed by atoms with E-state index >= 15 is 0 Å². The monoisotopic (exact) mass is 501 g/mol. The number of methoxy groups -OCH3 is 1. The van der Waals surface area contributed by atoms with E-state index in [0.717, 1.165) is 30.4 Å². The molecule has 1 aromatic heterocycles. The Bertz CT molecular complexity index is 935. The molecule has 1 atom stereocenters. The van der Waals surface area contributed by atoms with E-state index in [1.54, 1.807) is 31.1 Å². The standard InChI is InChI=1S/C28H43N3O3S/c1-5-7-9-11-12-13-17-25(35-19-14-10-8-6-2)28(33)31-27-22-16-15-18-29-26(22)23(30-21(3)32)20-24(27)34-4/h15-16,18,20,25H,5-14,17,19H2,1-4H3,(H,30,32)(H,31,33). The first-order chi connectivity index (χ1) is 17.0. The number of fused-ring (bicyclic) bond motifs is 1. The molecule has 0 aliphatic carbocycles. The van der Waals surface area contributed by atoms with Crippen molar-refractivity contribution in [3.05, 3.63) is 24.4 Å². The van der Waals surface area contributed by atoms with Gasteiger partial charge in [-0.2, -0.15) is 0 Å². The molecule has 2 aromatic rings. The quantitative estimate of drug-likeness (QED) is 0.218. The summed E-state index contributed by atoms with van der Waals surface area (Å²) in [4.78, 5) is 29.7. The van der Waals surface area contributed by atoms with Crippen molar-refractivity contribution in [2.75, 3.05) is 23.5 Å². The van der Waals surface area contributed by atoms with Crippen LogP contribution in [0.25, 0.3) is 10.9 Å². The third-order valence-corrected chi connectivity index (χ3v) is 7.44. The largest absolute Gasteiger partial charge is 0.494 e. The maximum atomic E-state index is 13.5. The summed E-state index contributed by atoms with van der Waals surface area (Å²) >= 11 is 1.77. The molecular weight excluding hydrogens is 458 g/mol. The lowest BCUT2D eigenvalue weighted by Crippen LogP contribution is -2.26. The van der Waals surface area contributed by atoms with Crippen molar-refractivity contribution in [3.8, 4) is 5.75 Å². The second-order valence-electron chi connectivity index (χ2n) is 9.05. The number of hydrogen-bond acceptors (Lipinski definition) is 5. The molecule has 35 heavy (non-hydrogen) atoms. The first-order valence-corrected chi connectivity index (χ1v) is 14.2. The lowest BCUT2D eigenvalue weighted by molar-refractivity contribution is -0.116. The smallest absolute Gasteiger partial charge is 0.237 e. The molecule has 0 bridgehead atoms. The average molecular weight is 502 g/mol. The number of rotatable bonds is 17. The molecule has 1 heterocycles. The number of hydrogen-bond donors (Lipinski definition) is 2. The van der Waals surface area contributed by atoms with E-state index in [-0.39, 0.29) is 17.1 Å². The zero-order valence-corrected chi connectivity index (χ0v) is 22.8. The summed E-state index contributed by atoms with van der Waals surface area (Å²) in [6.07, 6.45) is 14.6. The van der Waals surface area contributed by atoms with Crippen LogP contribution in [0.4, 0.5) is 11.4 Å². The normalized spacial score (nSPS) is 11.9. The number of thioether (sulfide) groups is 1. The Morgan fingerprint density at radius 1 is 1.00 bits per heavy atom. The molecule has 0 fully saturated rings. The van der Waals surface area contributed by atoms with Gasteiger partial charge in [0.05, 0.1) is 29.3 Å². The van der Waals surface area contributed by atoms with Gasteiger partial charge in [0.15, 0.2) is 0 Å². The molecule has 0 spiro atoms. The third kappa shape index (κ3) is 9.71. The summed E-state index contributed by atoms with van der Waals surface area (Å²) in [6, 6.07) is 5.45. The third-order valence-electron chi connectivity index (χ3n) is 6.06. The van der Waals surface area contributed by atoms with Crippen molar-refractivity contribution in [2.45, 2.75) is 96.7 Å². The number of pyridine rings is 1. The van der Waals surface area contributed by atoms with Crippen molar-refractivity contribution in [1.29, 1.82) is 0 Å². The molecule has 1 aromatic carbocycles. The molecule has 194 valence electrons. The molecule has 0 saturated carbocycles. The predicted octanol–water partition coefficient (Wildman–Crippen LogP) is 7.57. The van der Waals surface area contributed by atoms with Gasteiger partial charge in [-0.25, -0.2) is 0 Å². The SMILES string of the molecule is CCCCCCCCC(SCCCCCC)C(=O)Nc1c(OC)cc(NC(C)=O)c2ncccc12. The van der Waals surface area contributed by atoms with Crippen molar-refractivity contribution in [1.82, 2.24) is 4.98 Å². The Hall–Kier alpha value is -2.28. The van der Waals surface area contributed by atoms with E-state index in [1.165, 1.54) is 58.3 Å². The van der Waals surface area contributed by atoms with Crippen LogP contribution in [0.15, 0.2) is 24.4 Å². The molecule has 0 aliphatic heterocycles. The summed E-state index contributed by atoms with van der Waals surface area (Å²) in [6.45, 7) is 5.90. The summed E-state index contributed by atoms with van der Waals surface area (Å²) in [5.74, 6) is 1.33. The summed E-state index contributed by atoms with van der Waals surface area (Å²) in [5, 5.41) is 6.62. The molecule has 2 rings (SSSR count).